The van der Waals surface area contributed by atoms with Gasteiger partial charge in [-0.3, -0.25) is 9.89 Å². The fraction of sp³-hybridized carbons (Fsp3) is 0.111. The van der Waals surface area contributed by atoms with Crippen molar-refractivity contribution >= 4 is 21.9 Å². The summed E-state index contributed by atoms with van der Waals surface area (Å²) in [6, 6.07) is 17.7. The second-order valence-electron chi connectivity index (χ2n) is 5.19. The van der Waals surface area contributed by atoms with Gasteiger partial charge >= 0.3 is 5.97 Å². The van der Waals surface area contributed by atoms with Crippen LogP contribution in [0.1, 0.15) is 12.0 Å². The molecule has 0 saturated heterocycles. The van der Waals surface area contributed by atoms with Crippen molar-refractivity contribution in [3.05, 3.63) is 64.6 Å². The average Bonchev–Trinajstić information content (AvgIpc) is 2.98. The number of hydrogen-bond acceptors (Lipinski definition) is 2. The summed E-state index contributed by atoms with van der Waals surface area (Å²) in [4.78, 5) is 11.0. The molecule has 0 amide bonds. The number of aromatic amines is 1. The predicted octanol–water partition coefficient (Wildman–Crippen LogP) is 4.52. The molecule has 1 aromatic heterocycles. The van der Waals surface area contributed by atoms with E-state index in [1.807, 2.05) is 54.6 Å². The minimum absolute atomic E-state index is 0.0723. The number of aromatic nitrogens is 2. The maximum absolute atomic E-state index is 11.0. The Morgan fingerprint density at radius 2 is 1.74 bits per heavy atom. The lowest BCUT2D eigenvalue weighted by Gasteiger charge is -2.05. The Balaban J connectivity index is 2.07. The first-order valence-corrected chi connectivity index (χ1v) is 8.05. The number of rotatable bonds is 5. The lowest BCUT2D eigenvalue weighted by molar-refractivity contribution is -0.136. The molecule has 4 nitrogen and oxygen atoms in total. The summed E-state index contributed by atoms with van der Waals surface area (Å²) in [5, 5.41) is 16.5. The largest absolute Gasteiger partial charge is 0.481 e. The van der Waals surface area contributed by atoms with Gasteiger partial charge in [0.15, 0.2) is 0 Å². The van der Waals surface area contributed by atoms with E-state index >= 15 is 0 Å². The molecule has 0 fully saturated rings. The third-order valence-corrected chi connectivity index (χ3v) is 4.16. The molecule has 1 heterocycles. The van der Waals surface area contributed by atoms with Gasteiger partial charge in [0.1, 0.15) is 0 Å². The van der Waals surface area contributed by atoms with Crippen molar-refractivity contribution in [3.8, 4) is 22.5 Å². The second kappa shape index (κ2) is 6.79. The van der Waals surface area contributed by atoms with Gasteiger partial charge in [-0.2, -0.15) is 5.10 Å². The van der Waals surface area contributed by atoms with Gasteiger partial charge in [-0.25, -0.2) is 0 Å². The zero-order valence-electron chi connectivity index (χ0n) is 12.3. The van der Waals surface area contributed by atoms with Crippen LogP contribution < -0.4 is 0 Å². The number of nitrogens with one attached hydrogen (secondary N) is 1. The molecule has 3 rings (SSSR count). The number of halogens is 1. The Morgan fingerprint density at radius 3 is 2.39 bits per heavy atom. The molecule has 0 aliphatic rings. The van der Waals surface area contributed by atoms with Crippen molar-refractivity contribution in [3.63, 3.8) is 0 Å². The van der Waals surface area contributed by atoms with E-state index in [9.17, 15) is 4.79 Å². The van der Waals surface area contributed by atoms with Gasteiger partial charge < -0.3 is 5.11 Å². The molecule has 5 heteroatoms. The maximum atomic E-state index is 11.0. The van der Waals surface area contributed by atoms with Gasteiger partial charge in [-0.1, -0.05) is 58.4 Å². The molecule has 0 saturated carbocycles. The van der Waals surface area contributed by atoms with Crippen molar-refractivity contribution in [2.45, 2.75) is 12.8 Å². The van der Waals surface area contributed by atoms with Crippen LogP contribution in [0.4, 0.5) is 0 Å². The monoisotopic (exact) mass is 370 g/mol. The summed E-state index contributed by atoms with van der Waals surface area (Å²) in [7, 11) is 0. The number of benzene rings is 2. The lowest BCUT2D eigenvalue weighted by Crippen LogP contribution is -1.99. The van der Waals surface area contributed by atoms with Gasteiger partial charge in [-0.05, 0) is 24.1 Å². The SMILES string of the molecule is O=C(O)CCc1c(-c2ccc(Br)cc2)n[nH]c1-c1ccccc1. The minimum atomic E-state index is -0.813. The summed E-state index contributed by atoms with van der Waals surface area (Å²) in [5.41, 5.74) is 4.58. The molecule has 0 aliphatic heterocycles. The molecule has 23 heavy (non-hydrogen) atoms. The van der Waals surface area contributed by atoms with Crippen molar-refractivity contribution in [1.29, 1.82) is 0 Å². The van der Waals surface area contributed by atoms with Crippen LogP contribution in [0.25, 0.3) is 22.5 Å². The normalized spacial score (nSPS) is 10.7. The Hall–Kier alpha value is -2.40. The van der Waals surface area contributed by atoms with Gasteiger partial charge in [0, 0.05) is 22.0 Å². The van der Waals surface area contributed by atoms with Crippen LogP contribution in [-0.2, 0) is 11.2 Å². The average molecular weight is 371 g/mol. The highest BCUT2D eigenvalue weighted by molar-refractivity contribution is 9.10. The number of carboxylic acids is 1. The first-order valence-electron chi connectivity index (χ1n) is 7.25. The number of hydrogen-bond donors (Lipinski definition) is 2. The molecule has 0 bridgehead atoms. The highest BCUT2D eigenvalue weighted by atomic mass is 79.9. The highest BCUT2D eigenvalue weighted by Gasteiger charge is 2.17. The Kier molecular flexibility index (Phi) is 4.57. The molecule has 3 aromatic rings. The summed E-state index contributed by atoms with van der Waals surface area (Å²) in [6.45, 7) is 0. The molecule has 0 atom stereocenters. The predicted molar refractivity (Wildman–Crippen MR) is 93.1 cm³/mol. The number of H-pyrrole nitrogens is 1. The summed E-state index contributed by atoms with van der Waals surface area (Å²) >= 11 is 3.42. The summed E-state index contributed by atoms with van der Waals surface area (Å²) in [6.07, 6.45) is 0.504. The third-order valence-electron chi connectivity index (χ3n) is 3.64. The van der Waals surface area contributed by atoms with E-state index in [1.165, 1.54) is 0 Å². The topological polar surface area (TPSA) is 66.0 Å². The standard InChI is InChI=1S/C18H15BrN2O2/c19-14-8-6-13(7-9-14)18-15(10-11-16(22)23)17(20-21-18)12-4-2-1-3-5-12/h1-9H,10-11H2,(H,20,21)(H,22,23). The van der Waals surface area contributed by atoms with Crippen LogP contribution in [0.15, 0.2) is 59.1 Å². The van der Waals surface area contributed by atoms with Crippen LogP contribution in [0.5, 0.6) is 0 Å². The molecule has 2 N–H and O–H groups in total. The Labute approximate surface area is 142 Å². The molecule has 2 aromatic carbocycles. The Bertz CT molecular complexity index is 811. The van der Waals surface area contributed by atoms with Crippen LogP contribution >= 0.6 is 15.9 Å². The van der Waals surface area contributed by atoms with E-state index in [4.69, 9.17) is 5.11 Å². The molecular weight excluding hydrogens is 356 g/mol. The Morgan fingerprint density at radius 1 is 1.04 bits per heavy atom. The van der Waals surface area contributed by atoms with Crippen molar-refractivity contribution in [2.75, 3.05) is 0 Å². The highest BCUT2D eigenvalue weighted by Crippen LogP contribution is 2.31. The van der Waals surface area contributed by atoms with Gasteiger partial charge in [0.25, 0.3) is 0 Å². The zero-order chi connectivity index (χ0) is 16.2. The van der Waals surface area contributed by atoms with Crippen molar-refractivity contribution < 1.29 is 9.90 Å². The van der Waals surface area contributed by atoms with Crippen LogP contribution in [0, 0.1) is 0 Å². The van der Waals surface area contributed by atoms with Crippen LogP contribution in [-0.4, -0.2) is 21.3 Å². The van der Waals surface area contributed by atoms with E-state index in [0.29, 0.717) is 6.42 Å². The van der Waals surface area contributed by atoms with Gasteiger partial charge in [0.2, 0.25) is 0 Å². The minimum Gasteiger partial charge on any atom is -0.481 e. The summed E-state index contributed by atoms with van der Waals surface area (Å²) in [5.74, 6) is -0.813. The van der Waals surface area contributed by atoms with Crippen LogP contribution in [0.3, 0.4) is 0 Å². The molecule has 0 spiro atoms. The first-order chi connectivity index (χ1) is 11.1. The molecule has 116 valence electrons. The van der Waals surface area contributed by atoms with E-state index in [1.54, 1.807) is 0 Å². The van der Waals surface area contributed by atoms with Gasteiger partial charge in [-0.15, -0.1) is 0 Å². The molecular formula is C18H15BrN2O2. The second-order valence-corrected chi connectivity index (χ2v) is 6.11. The van der Waals surface area contributed by atoms with Crippen molar-refractivity contribution in [1.82, 2.24) is 10.2 Å². The zero-order valence-corrected chi connectivity index (χ0v) is 13.9. The third kappa shape index (κ3) is 3.51. The van der Waals surface area contributed by atoms with Crippen LogP contribution in [0.2, 0.25) is 0 Å². The molecule has 0 aliphatic carbocycles. The lowest BCUT2D eigenvalue weighted by atomic mass is 9.98. The van der Waals surface area contributed by atoms with Gasteiger partial charge in [0.05, 0.1) is 11.4 Å². The number of nitrogens with zero attached hydrogens (tertiary/aromatic N) is 1. The van der Waals surface area contributed by atoms with Crippen molar-refractivity contribution in [2.24, 2.45) is 0 Å². The van der Waals surface area contributed by atoms with E-state index < -0.39 is 5.97 Å². The maximum Gasteiger partial charge on any atom is 0.303 e. The van der Waals surface area contributed by atoms with E-state index in [-0.39, 0.29) is 6.42 Å². The summed E-state index contributed by atoms with van der Waals surface area (Å²) < 4.78 is 0.993. The number of aliphatic carboxylic acids is 1. The van der Waals surface area contributed by atoms with E-state index in [0.717, 1.165) is 32.6 Å². The number of carbonyl (C=O) groups is 1. The molecule has 0 unspecified atom stereocenters. The quantitative estimate of drug-likeness (QED) is 0.693. The smallest absolute Gasteiger partial charge is 0.303 e. The number of carboxylic acid groups (broad SMARTS) is 1. The fourth-order valence-corrected chi connectivity index (χ4v) is 2.79. The molecule has 0 radical (unpaired) electrons. The fourth-order valence-electron chi connectivity index (χ4n) is 2.53. The first kappa shape index (κ1) is 15.5. The van der Waals surface area contributed by atoms with E-state index in [2.05, 4.69) is 26.1 Å².